The summed E-state index contributed by atoms with van der Waals surface area (Å²) in [7, 11) is 0. The number of hydrogen-bond acceptors (Lipinski definition) is 4. The van der Waals surface area contributed by atoms with Crippen molar-refractivity contribution >= 4 is 40.9 Å². The molecule has 0 spiro atoms. The molecule has 0 unspecified atom stereocenters. The van der Waals surface area contributed by atoms with Crippen LogP contribution in [-0.2, 0) is 0 Å². The normalized spacial score (nSPS) is 9.12. The maximum Gasteiger partial charge on any atom is 0.151 e. The van der Waals surface area contributed by atoms with Gasteiger partial charge in [0, 0.05) is 0 Å². The summed E-state index contributed by atoms with van der Waals surface area (Å²) in [4.78, 5) is 0. The maximum atomic E-state index is 5.46. The molecule has 2 aromatic rings. The Kier molecular flexibility index (Phi) is 5.83. The van der Waals surface area contributed by atoms with E-state index >= 15 is 0 Å². The zero-order valence-corrected chi connectivity index (χ0v) is 10.8. The molecule has 0 amide bonds. The lowest BCUT2D eigenvalue weighted by Gasteiger charge is -1.87. The Morgan fingerprint density at radius 2 is 1.18 bits per heavy atom. The van der Waals surface area contributed by atoms with Crippen LogP contribution >= 0.6 is 34.8 Å². The SMILES string of the molecule is C=Cc1ccc(Cl)nn1.Clc1ccc(Cl)nn1. The van der Waals surface area contributed by atoms with Gasteiger partial charge in [0.05, 0.1) is 5.69 Å². The Morgan fingerprint density at radius 3 is 1.47 bits per heavy atom. The fraction of sp³-hybridized carbons (Fsp3) is 0. The van der Waals surface area contributed by atoms with Gasteiger partial charge in [-0.05, 0) is 30.3 Å². The Labute approximate surface area is 113 Å². The molecule has 0 saturated carbocycles. The van der Waals surface area contributed by atoms with Crippen molar-refractivity contribution in [2.45, 2.75) is 0 Å². The van der Waals surface area contributed by atoms with Crippen molar-refractivity contribution in [2.75, 3.05) is 0 Å². The van der Waals surface area contributed by atoms with E-state index in [-0.39, 0.29) is 0 Å². The molecular formula is C10H7Cl3N4. The van der Waals surface area contributed by atoms with Crippen LogP contribution in [0, 0.1) is 0 Å². The van der Waals surface area contributed by atoms with E-state index in [0.29, 0.717) is 15.5 Å². The van der Waals surface area contributed by atoms with Crippen molar-refractivity contribution in [1.29, 1.82) is 0 Å². The molecule has 7 heteroatoms. The van der Waals surface area contributed by atoms with Crippen LogP contribution in [0.2, 0.25) is 15.5 Å². The van der Waals surface area contributed by atoms with Crippen molar-refractivity contribution < 1.29 is 0 Å². The van der Waals surface area contributed by atoms with E-state index in [1.54, 1.807) is 30.3 Å². The van der Waals surface area contributed by atoms with Gasteiger partial charge in [0.15, 0.2) is 15.5 Å². The summed E-state index contributed by atoms with van der Waals surface area (Å²) >= 11 is 16.2. The summed E-state index contributed by atoms with van der Waals surface area (Å²) in [6.45, 7) is 3.52. The van der Waals surface area contributed by atoms with Crippen molar-refractivity contribution in [3.63, 3.8) is 0 Å². The van der Waals surface area contributed by atoms with E-state index in [9.17, 15) is 0 Å². The van der Waals surface area contributed by atoms with Crippen LogP contribution in [0.5, 0.6) is 0 Å². The molecule has 2 aromatic heterocycles. The second-order valence-corrected chi connectivity index (χ2v) is 3.83. The molecule has 0 aromatic carbocycles. The summed E-state index contributed by atoms with van der Waals surface area (Å²) in [5.41, 5.74) is 0.736. The standard InChI is InChI=1S/C6H5ClN2.C4H2Cl2N2/c1-2-5-3-4-6(7)9-8-5;5-3-1-2-4(6)8-7-3/h2-4H,1H2;1-2H. The Balaban J connectivity index is 0.000000171. The molecule has 2 rings (SSSR count). The number of nitrogens with zero attached hydrogens (tertiary/aromatic N) is 4. The highest BCUT2D eigenvalue weighted by molar-refractivity contribution is 6.31. The first-order chi connectivity index (χ1) is 8.11. The minimum Gasteiger partial charge on any atom is -0.150 e. The number of aromatic nitrogens is 4. The summed E-state index contributed by atoms with van der Waals surface area (Å²) in [5.74, 6) is 0. The molecule has 0 atom stereocenters. The van der Waals surface area contributed by atoms with E-state index in [0.717, 1.165) is 5.69 Å². The smallest absolute Gasteiger partial charge is 0.150 e. The first-order valence-corrected chi connectivity index (χ1v) is 5.51. The molecule has 4 nitrogen and oxygen atoms in total. The van der Waals surface area contributed by atoms with Crippen molar-refractivity contribution in [3.05, 3.63) is 52.0 Å². The predicted molar refractivity (Wildman–Crippen MR) is 69.2 cm³/mol. The van der Waals surface area contributed by atoms with E-state index in [2.05, 4.69) is 27.0 Å². The van der Waals surface area contributed by atoms with Crippen LogP contribution in [0.4, 0.5) is 0 Å². The number of halogens is 3. The molecule has 0 saturated heterocycles. The molecule has 0 bridgehead atoms. The van der Waals surface area contributed by atoms with Gasteiger partial charge in [-0.1, -0.05) is 41.4 Å². The zero-order chi connectivity index (χ0) is 12.7. The predicted octanol–water partition coefficient (Wildman–Crippen LogP) is 3.56. The second kappa shape index (κ2) is 7.17. The molecule has 0 aliphatic heterocycles. The molecule has 0 aliphatic carbocycles. The minimum absolute atomic E-state index is 0.356. The Bertz CT molecular complexity index is 449. The summed E-state index contributed by atoms with van der Waals surface area (Å²) in [6, 6.07) is 6.58. The third-order valence-electron chi connectivity index (χ3n) is 1.46. The molecule has 17 heavy (non-hydrogen) atoms. The molecule has 0 N–H and O–H groups in total. The Hall–Kier alpha value is -1.23. The van der Waals surface area contributed by atoms with Gasteiger partial charge < -0.3 is 0 Å². The largest absolute Gasteiger partial charge is 0.151 e. The van der Waals surface area contributed by atoms with Gasteiger partial charge in [-0.15, -0.1) is 20.4 Å². The summed E-state index contributed by atoms with van der Waals surface area (Å²) < 4.78 is 0. The monoisotopic (exact) mass is 288 g/mol. The van der Waals surface area contributed by atoms with Gasteiger partial charge in [0.2, 0.25) is 0 Å². The lowest BCUT2D eigenvalue weighted by Crippen LogP contribution is -1.83. The quantitative estimate of drug-likeness (QED) is 0.805. The fourth-order valence-electron chi connectivity index (χ4n) is 0.735. The molecular weight excluding hydrogens is 282 g/mol. The minimum atomic E-state index is 0.356. The fourth-order valence-corrected chi connectivity index (χ4v) is 1.04. The van der Waals surface area contributed by atoms with Crippen LogP contribution in [-0.4, -0.2) is 20.4 Å². The molecule has 2 heterocycles. The highest BCUT2D eigenvalue weighted by atomic mass is 35.5. The Morgan fingerprint density at radius 1 is 0.765 bits per heavy atom. The summed E-state index contributed by atoms with van der Waals surface area (Å²) in [5, 5.41) is 15.3. The lowest BCUT2D eigenvalue weighted by molar-refractivity contribution is 1.02. The van der Waals surface area contributed by atoms with Crippen LogP contribution < -0.4 is 0 Å². The van der Waals surface area contributed by atoms with Gasteiger partial charge in [-0.3, -0.25) is 0 Å². The average Bonchev–Trinajstić information content (AvgIpc) is 2.35. The van der Waals surface area contributed by atoms with Gasteiger partial charge in [0.25, 0.3) is 0 Å². The van der Waals surface area contributed by atoms with Crippen molar-refractivity contribution in [3.8, 4) is 0 Å². The van der Waals surface area contributed by atoms with Crippen LogP contribution in [0.3, 0.4) is 0 Å². The van der Waals surface area contributed by atoms with E-state index in [1.807, 2.05) is 0 Å². The molecule has 0 radical (unpaired) electrons. The van der Waals surface area contributed by atoms with Gasteiger partial charge in [-0.2, -0.15) is 0 Å². The third kappa shape index (κ3) is 5.58. The first-order valence-electron chi connectivity index (χ1n) is 4.38. The van der Waals surface area contributed by atoms with Crippen LogP contribution in [0.25, 0.3) is 6.08 Å². The first kappa shape index (κ1) is 13.8. The second-order valence-electron chi connectivity index (χ2n) is 2.66. The van der Waals surface area contributed by atoms with E-state index in [1.165, 1.54) is 0 Å². The highest BCUT2D eigenvalue weighted by Gasteiger charge is 1.87. The highest BCUT2D eigenvalue weighted by Crippen LogP contribution is 2.05. The summed E-state index contributed by atoms with van der Waals surface area (Å²) in [6.07, 6.45) is 1.61. The van der Waals surface area contributed by atoms with Crippen LogP contribution in [0.1, 0.15) is 5.69 Å². The van der Waals surface area contributed by atoms with Crippen molar-refractivity contribution in [1.82, 2.24) is 20.4 Å². The van der Waals surface area contributed by atoms with Crippen LogP contribution in [0.15, 0.2) is 30.8 Å². The topological polar surface area (TPSA) is 51.6 Å². The van der Waals surface area contributed by atoms with Gasteiger partial charge >= 0.3 is 0 Å². The number of rotatable bonds is 1. The van der Waals surface area contributed by atoms with Gasteiger partial charge in [0.1, 0.15) is 0 Å². The van der Waals surface area contributed by atoms with Gasteiger partial charge in [-0.25, -0.2) is 0 Å². The molecule has 0 fully saturated rings. The lowest BCUT2D eigenvalue weighted by atomic mass is 10.4. The van der Waals surface area contributed by atoms with Crippen molar-refractivity contribution in [2.24, 2.45) is 0 Å². The van der Waals surface area contributed by atoms with E-state index < -0.39 is 0 Å². The maximum absolute atomic E-state index is 5.46. The zero-order valence-electron chi connectivity index (χ0n) is 8.52. The average molecular weight is 290 g/mol. The number of hydrogen-bond donors (Lipinski definition) is 0. The third-order valence-corrected chi connectivity index (χ3v) is 2.07. The molecule has 0 aliphatic rings. The molecule has 88 valence electrons. The van der Waals surface area contributed by atoms with E-state index in [4.69, 9.17) is 34.8 Å².